The second kappa shape index (κ2) is 8.28. The summed E-state index contributed by atoms with van der Waals surface area (Å²) in [5.74, 6) is 0. The molecule has 158 valence electrons. The normalized spacial score (nSPS) is 16.2. The Morgan fingerprint density at radius 3 is 2.30 bits per heavy atom. The van der Waals surface area contributed by atoms with Crippen LogP contribution in [0.2, 0.25) is 10.0 Å². The Bertz CT molecular complexity index is 1270. The highest BCUT2D eigenvalue weighted by atomic mass is 35.5. The smallest absolute Gasteiger partial charge is 0.275 e. The number of halogens is 2. The molecular weight excluding hydrogens is 447 g/mol. The molecule has 0 bridgehead atoms. The predicted octanol–water partition coefficient (Wildman–Crippen LogP) is 2.98. The van der Waals surface area contributed by atoms with Crippen LogP contribution in [0.1, 0.15) is 5.69 Å². The standard InChI is InChI=1S/C20H20Cl2N4O3S/c1-14-16-4-2-3-5-17(16)20(27)26(23-14)13-24-8-10-25(11-9-24)30(28,29)15-6-7-18(21)19(22)12-15/h2-7,12H,8-11,13H2,1H3. The molecule has 1 saturated heterocycles. The minimum atomic E-state index is -3.66. The quantitative estimate of drug-likeness (QED) is 0.590. The van der Waals surface area contributed by atoms with Crippen LogP contribution in [-0.2, 0) is 16.7 Å². The van der Waals surface area contributed by atoms with Crippen LogP contribution in [0.15, 0.2) is 52.2 Å². The van der Waals surface area contributed by atoms with Crippen LogP contribution in [0.4, 0.5) is 0 Å². The minimum Gasteiger partial charge on any atom is -0.282 e. The van der Waals surface area contributed by atoms with Gasteiger partial charge in [-0.25, -0.2) is 13.1 Å². The molecule has 10 heteroatoms. The fourth-order valence-corrected chi connectivity index (χ4v) is 5.40. The molecular formula is C20H20Cl2N4O3S. The number of sulfonamides is 1. The number of hydrogen-bond donors (Lipinski definition) is 0. The summed E-state index contributed by atoms with van der Waals surface area (Å²) in [7, 11) is -3.66. The fraction of sp³-hybridized carbons (Fsp3) is 0.300. The maximum Gasteiger partial charge on any atom is 0.275 e. The van der Waals surface area contributed by atoms with E-state index in [9.17, 15) is 13.2 Å². The summed E-state index contributed by atoms with van der Waals surface area (Å²) in [6, 6.07) is 11.7. The van der Waals surface area contributed by atoms with Crippen molar-refractivity contribution >= 4 is 44.0 Å². The average Bonchev–Trinajstić information content (AvgIpc) is 2.74. The van der Waals surface area contributed by atoms with Crippen molar-refractivity contribution in [1.82, 2.24) is 19.0 Å². The van der Waals surface area contributed by atoms with Gasteiger partial charge in [0.15, 0.2) is 0 Å². The summed E-state index contributed by atoms with van der Waals surface area (Å²) < 4.78 is 28.7. The molecule has 0 N–H and O–H groups in total. The van der Waals surface area contributed by atoms with Crippen molar-refractivity contribution in [3.8, 4) is 0 Å². The molecule has 1 aliphatic heterocycles. The number of fused-ring (bicyclic) bond motifs is 1. The van der Waals surface area contributed by atoms with E-state index in [0.29, 0.717) is 43.3 Å². The van der Waals surface area contributed by atoms with Gasteiger partial charge < -0.3 is 0 Å². The van der Waals surface area contributed by atoms with E-state index < -0.39 is 10.0 Å². The van der Waals surface area contributed by atoms with E-state index in [2.05, 4.69) is 5.10 Å². The van der Waals surface area contributed by atoms with E-state index in [0.717, 1.165) is 11.1 Å². The number of hydrogen-bond acceptors (Lipinski definition) is 5. The molecule has 1 aliphatic rings. The first-order valence-corrected chi connectivity index (χ1v) is 11.6. The van der Waals surface area contributed by atoms with E-state index in [1.165, 1.54) is 27.2 Å². The molecule has 0 atom stereocenters. The Labute approximate surface area is 184 Å². The molecule has 1 fully saturated rings. The zero-order valence-corrected chi connectivity index (χ0v) is 18.6. The summed E-state index contributed by atoms with van der Waals surface area (Å²) in [4.78, 5) is 14.9. The maximum atomic E-state index is 12.9. The number of piperazine rings is 1. The zero-order valence-electron chi connectivity index (χ0n) is 16.3. The van der Waals surface area contributed by atoms with Gasteiger partial charge in [0.25, 0.3) is 5.56 Å². The third kappa shape index (κ3) is 3.98. The van der Waals surface area contributed by atoms with Gasteiger partial charge in [-0.05, 0) is 31.2 Å². The highest BCUT2D eigenvalue weighted by Gasteiger charge is 2.29. The van der Waals surface area contributed by atoms with Crippen LogP contribution in [0.3, 0.4) is 0 Å². The third-order valence-electron chi connectivity index (χ3n) is 5.25. The van der Waals surface area contributed by atoms with Crippen molar-refractivity contribution < 1.29 is 8.42 Å². The summed E-state index contributed by atoms with van der Waals surface area (Å²) >= 11 is 11.9. The molecule has 30 heavy (non-hydrogen) atoms. The first-order valence-electron chi connectivity index (χ1n) is 9.41. The Morgan fingerprint density at radius 2 is 1.63 bits per heavy atom. The van der Waals surface area contributed by atoms with E-state index in [4.69, 9.17) is 23.2 Å². The van der Waals surface area contributed by atoms with Crippen LogP contribution < -0.4 is 5.56 Å². The molecule has 0 amide bonds. The topological polar surface area (TPSA) is 75.5 Å². The largest absolute Gasteiger partial charge is 0.282 e. The third-order valence-corrected chi connectivity index (χ3v) is 7.88. The first kappa shape index (κ1) is 21.3. The van der Waals surface area contributed by atoms with E-state index >= 15 is 0 Å². The van der Waals surface area contributed by atoms with Crippen LogP contribution in [-0.4, -0.2) is 53.6 Å². The summed E-state index contributed by atoms with van der Waals surface area (Å²) in [6.07, 6.45) is 0. The lowest BCUT2D eigenvalue weighted by molar-refractivity contribution is 0.143. The zero-order chi connectivity index (χ0) is 21.5. The van der Waals surface area contributed by atoms with Gasteiger partial charge in [0.05, 0.1) is 32.7 Å². The van der Waals surface area contributed by atoms with E-state index in [-0.39, 0.29) is 15.5 Å². The Morgan fingerprint density at radius 1 is 0.967 bits per heavy atom. The molecule has 4 rings (SSSR count). The van der Waals surface area contributed by atoms with Crippen molar-refractivity contribution in [3.63, 3.8) is 0 Å². The number of nitrogens with zero attached hydrogens (tertiary/aromatic N) is 4. The van der Waals surface area contributed by atoms with E-state index in [1.807, 2.05) is 30.0 Å². The Hall–Kier alpha value is -1.97. The second-order valence-electron chi connectivity index (χ2n) is 7.18. The lowest BCUT2D eigenvalue weighted by Gasteiger charge is -2.33. The molecule has 2 heterocycles. The lowest BCUT2D eigenvalue weighted by atomic mass is 10.1. The SMILES string of the molecule is Cc1nn(CN2CCN(S(=O)(=O)c3ccc(Cl)c(Cl)c3)CC2)c(=O)c2ccccc12. The summed E-state index contributed by atoms with van der Waals surface area (Å²) in [6.45, 7) is 3.78. The Balaban J connectivity index is 1.49. The average molecular weight is 467 g/mol. The maximum absolute atomic E-state index is 12.9. The molecule has 0 radical (unpaired) electrons. The van der Waals surface area contributed by atoms with Gasteiger partial charge in [0.2, 0.25) is 10.0 Å². The number of aryl methyl sites for hydroxylation is 1. The van der Waals surface area contributed by atoms with Gasteiger partial charge in [-0.3, -0.25) is 9.69 Å². The van der Waals surface area contributed by atoms with E-state index in [1.54, 1.807) is 6.07 Å². The van der Waals surface area contributed by atoms with Gasteiger partial charge in [-0.1, -0.05) is 41.4 Å². The number of aromatic nitrogens is 2. The molecule has 7 nitrogen and oxygen atoms in total. The highest BCUT2D eigenvalue weighted by Crippen LogP contribution is 2.27. The molecule has 0 spiro atoms. The van der Waals surface area contributed by atoms with Crippen molar-refractivity contribution in [2.45, 2.75) is 18.5 Å². The monoisotopic (exact) mass is 466 g/mol. The second-order valence-corrected chi connectivity index (χ2v) is 9.93. The fourth-order valence-electron chi connectivity index (χ4n) is 3.59. The number of rotatable bonds is 4. The summed E-state index contributed by atoms with van der Waals surface area (Å²) in [5, 5.41) is 6.42. The van der Waals surface area contributed by atoms with Crippen LogP contribution >= 0.6 is 23.2 Å². The van der Waals surface area contributed by atoms with Gasteiger partial charge in [0, 0.05) is 31.6 Å². The predicted molar refractivity (Wildman–Crippen MR) is 118 cm³/mol. The van der Waals surface area contributed by atoms with Crippen molar-refractivity contribution in [3.05, 3.63) is 68.6 Å². The van der Waals surface area contributed by atoms with Crippen molar-refractivity contribution in [1.29, 1.82) is 0 Å². The van der Waals surface area contributed by atoms with Crippen molar-refractivity contribution in [2.75, 3.05) is 26.2 Å². The Kier molecular flexibility index (Phi) is 5.87. The summed E-state index contributed by atoms with van der Waals surface area (Å²) in [5.41, 5.74) is 0.632. The van der Waals surface area contributed by atoms with Crippen molar-refractivity contribution in [2.24, 2.45) is 0 Å². The van der Waals surface area contributed by atoms with Crippen LogP contribution in [0.5, 0.6) is 0 Å². The van der Waals surface area contributed by atoms with Gasteiger partial charge in [-0.15, -0.1) is 0 Å². The van der Waals surface area contributed by atoms with Gasteiger partial charge in [-0.2, -0.15) is 9.40 Å². The first-order chi connectivity index (χ1) is 14.3. The molecule has 0 unspecified atom stereocenters. The van der Waals surface area contributed by atoms with Crippen LogP contribution in [0, 0.1) is 6.92 Å². The minimum absolute atomic E-state index is 0.119. The molecule has 0 saturated carbocycles. The number of benzene rings is 2. The molecule has 3 aromatic rings. The molecule has 0 aliphatic carbocycles. The van der Waals surface area contributed by atoms with Gasteiger partial charge in [0.1, 0.15) is 0 Å². The molecule has 2 aromatic carbocycles. The highest BCUT2D eigenvalue weighted by molar-refractivity contribution is 7.89. The van der Waals surface area contributed by atoms with Gasteiger partial charge >= 0.3 is 0 Å². The lowest BCUT2D eigenvalue weighted by Crippen LogP contribution is -2.49. The van der Waals surface area contributed by atoms with Crippen LogP contribution in [0.25, 0.3) is 10.8 Å². The molecule has 1 aromatic heterocycles.